The zero-order chi connectivity index (χ0) is 12.8. The summed E-state index contributed by atoms with van der Waals surface area (Å²) in [6.07, 6.45) is 8.28. The number of carbonyl (C=O) groups is 1. The van der Waals surface area contributed by atoms with Crippen molar-refractivity contribution in [3.8, 4) is 18.1 Å². The van der Waals surface area contributed by atoms with Gasteiger partial charge in [0.25, 0.3) is 0 Å². The number of rotatable bonds is 1. The van der Waals surface area contributed by atoms with E-state index in [1.54, 1.807) is 19.6 Å². The molecule has 0 aliphatic heterocycles. The molecular formula is C11H8K2N2O4. The van der Waals surface area contributed by atoms with Gasteiger partial charge in [-0.2, -0.15) is 0 Å². The average molecular weight is 310 g/mol. The van der Waals surface area contributed by atoms with Crippen molar-refractivity contribution in [2.75, 3.05) is 7.11 Å². The molecule has 2 rings (SSSR count). The number of terminal acetylenes is 1. The first kappa shape index (κ1) is 21.9. The van der Waals surface area contributed by atoms with Crippen molar-refractivity contribution in [1.82, 2.24) is 9.38 Å². The molecule has 0 fully saturated rings. The van der Waals surface area contributed by atoms with E-state index in [4.69, 9.17) is 26.2 Å². The SMILES string of the molecule is C#Cc1cc(OC)cn2cncc12.O=C([O-])[O-].[K+].[K+]. The second-order valence-electron chi connectivity index (χ2n) is 2.87. The van der Waals surface area contributed by atoms with Crippen molar-refractivity contribution in [3.63, 3.8) is 0 Å². The predicted molar refractivity (Wildman–Crippen MR) is 55.1 cm³/mol. The van der Waals surface area contributed by atoms with E-state index in [1.807, 2.05) is 16.7 Å². The maximum atomic E-state index is 8.33. The van der Waals surface area contributed by atoms with E-state index in [0.717, 1.165) is 16.8 Å². The van der Waals surface area contributed by atoms with E-state index in [0.29, 0.717) is 0 Å². The monoisotopic (exact) mass is 310 g/mol. The molecule has 0 atom stereocenters. The third-order valence-electron chi connectivity index (χ3n) is 1.89. The first-order valence-electron chi connectivity index (χ1n) is 4.42. The summed E-state index contributed by atoms with van der Waals surface area (Å²) in [5.74, 6) is 3.32. The maximum Gasteiger partial charge on any atom is 1.00 e. The number of hydrogen-bond acceptors (Lipinski definition) is 5. The van der Waals surface area contributed by atoms with Gasteiger partial charge in [0.1, 0.15) is 5.75 Å². The van der Waals surface area contributed by atoms with Crippen LogP contribution < -0.4 is 118 Å². The number of hydrogen-bond donors (Lipinski definition) is 0. The number of imidazole rings is 1. The van der Waals surface area contributed by atoms with Crippen molar-refractivity contribution in [2.24, 2.45) is 0 Å². The van der Waals surface area contributed by atoms with Crippen LogP contribution in [-0.2, 0) is 0 Å². The van der Waals surface area contributed by atoms with Crippen LogP contribution >= 0.6 is 0 Å². The Labute approximate surface area is 195 Å². The molecule has 19 heavy (non-hydrogen) atoms. The average Bonchev–Trinajstić information content (AvgIpc) is 2.74. The van der Waals surface area contributed by atoms with Crippen LogP contribution in [0.3, 0.4) is 0 Å². The van der Waals surface area contributed by atoms with Crippen LogP contribution in [0.1, 0.15) is 5.56 Å². The molecule has 8 heteroatoms. The maximum absolute atomic E-state index is 8.33. The van der Waals surface area contributed by atoms with Crippen LogP contribution in [0.15, 0.2) is 24.8 Å². The van der Waals surface area contributed by atoms with Gasteiger partial charge in [0.2, 0.25) is 0 Å². The summed E-state index contributed by atoms with van der Waals surface area (Å²) >= 11 is 0. The van der Waals surface area contributed by atoms with Crippen molar-refractivity contribution in [1.29, 1.82) is 0 Å². The van der Waals surface area contributed by atoms with Gasteiger partial charge in [0, 0.05) is 0 Å². The molecule has 0 spiro atoms. The molecule has 0 aliphatic rings. The van der Waals surface area contributed by atoms with Gasteiger partial charge in [-0.3, -0.25) is 0 Å². The Morgan fingerprint density at radius 3 is 2.53 bits per heavy atom. The van der Waals surface area contributed by atoms with Gasteiger partial charge in [-0.05, 0) is 12.2 Å². The van der Waals surface area contributed by atoms with E-state index in [-0.39, 0.29) is 103 Å². The largest absolute Gasteiger partial charge is 1.00 e. The molecule has 0 N–H and O–H groups in total. The molecule has 0 bridgehead atoms. The fraction of sp³-hybridized carbons (Fsp3) is 0.0909. The topological polar surface area (TPSA) is 89.7 Å². The van der Waals surface area contributed by atoms with Gasteiger partial charge in [-0.25, -0.2) is 4.98 Å². The molecule has 0 saturated carbocycles. The molecule has 0 aliphatic carbocycles. The van der Waals surface area contributed by atoms with E-state index < -0.39 is 6.16 Å². The number of methoxy groups -OCH3 is 1. The first-order chi connectivity index (χ1) is 8.08. The van der Waals surface area contributed by atoms with Crippen LogP contribution in [0.5, 0.6) is 5.75 Å². The fourth-order valence-corrected chi connectivity index (χ4v) is 1.23. The third-order valence-corrected chi connectivity index (χ3v) is 1.89. The van der Waals surface area contributed by atoms with Gasteiger partial charge in [0.15, 0.2) is 0 Å². The number of ether oxygens (including phenoxy) is 1. The molecular weight excluding hydrogens is 302 g/mol. The molecule has 88 valence electrons. The number of carboxylic acid groups (broad SMARTS) is 2. The van der Waals surface area contributed by atoms with E-state index in [1.165, 1.54) is 0 Å². The van der Waals surface area contributed by atoms with Gasteiger partial charge in [0.05, 0.1) is 36.9 Å². The van der Waals surface area contributed by atoms with Crippen LogP contribution in [0.25, 0.3) is 5.52 Å². The summed E-state index contributed by atoms with van der Waals surface area (Å²) in [5.41, 5.74) is 1.71. The number of fused-ring (bicyclic) bond motifs is 1. The molecule has 6 nitrogen and oxygen atoms in total. The van der Waals surface area contributed by atoms with Crippen LogP contribution in [0, 0.1) is 12.3 Å². The Hall–Kier alpha value is 0.593. The molecule has 2 aromatic rings. The van der Waals surface area contributed by atoms with Gasteiger partial charge in [-0.1, -0.05) is 5.92 Å². The van der Waals surface area contributed by atoms with Gasteiger partial charge < -0.3 is 24.1 Å². The Morgan fingerprint density at radius 1 is 1.47 bits per heavy atom. The molecule has 0 saturated heterocycles. The second kappa shape index (κ2) is 11.3. The third kappa shape index (κ3) is 7.24. The van der Waals surface area contributed by atoms with Crippen LogP contribution in [0.2, 0.25) is 0 Å². The van der Waals surface area contributed by atoms with Crippen molar-refractivity contribution in [2.45, 2.75) is 0 Å². The summed E-state index contributed by atoms with van der Waals surface area (Å²) in [7, 11) is 1.61. The molecule has 2 aromatic heterocycles. The summed E-state index contributed by atoms with van der Waals surface area (Å²) in [4.78, 5) is 12.3. The Kier molecular flexibility index (Phi) is 13.0. The van der Waals surface area contributed by atoms with Crippen LogP contribution in [0.4, 0.5) is 4.79 Å². The smallest absolute Gasteiger partial charge is 0.652 e. The quantitative estimate of drug-likeness (QED) is 0.386. The minimum atomic E-state index is -2.33. The number of nitrogens with zero attached hydrogens (tertiary/aromatic N) is 2. The Bertz CT molecular complexity index is 574. The minimum absolute atomic E-state index is 0. The first-order valence-corrected chi connectivity index (χ1v) is 4.42. The molecule has 0 unspecified atom stereocenters. The number of aromatic nitrogens is 2. The summed E-state index contributed by atoms with van der Waals surface area (Å²) in [6.45, 7) is 0. The summed E-state index contributed by atoms with van der Waals surface area (Å²) in [5, 5.41) is 16.7. The normalized spacial score (nSPS) is 8.00. The standard InChI is InChI=1S/C10H8N2O.CH2O3.2K/c1-3-8-4-9(13-2)6-12-7-11-5-10(8)12;2-1(3)4;;/h1,4-7H,2H3;(H2,2,3,4);;/q;;2*+1/p-2. The van der Waals surface area contributed by atoms with E-state index in [9.17, 15) is 0 Å². The van der Waals surface area contributed by atoms with Crippen molar-refractivity contribution >= 4 is 11.7 Å². The zero-order valence-electron chi connectivity index (χ0n) is 10.9. The number of pyridine rings is 1. The Morgan fingerprint density at radius 2 is 2.05 bits per heavy atom. The molecule has 0 aromatic carbocycles. The summed E-state index contributed by atoms with van der Waals surface area (Å²) in [6, 6.07) is 1.82. The molecule has 0 radical (unpaired) electrons. The van der Waals surface area contributed by atoms with Crippen LogP contribution in [-0.4, -0.2) is 22.6 Å². The minimum Gasteiger partial charge on any atom is -0.652 e. The van der Waals surface area contributed by atoms with E-state index in [2.05, 4.69) is 10.9 Å². The second-order valence-corrected chi connectivity index (χ2v) is 2.87. The van der Waals surface area contributed by atoms with Crippen molar-refractivity contribution < 1.29 is 123 Å². The van der Waals surface area contributed by atoms with E-state index >= 15 is 0 Å². The predicted octanol–water partition coefficient (Wildman–Crippen LogP) is -7.11. The zero-order valence-corrected chi connectivity index (χ0v) is 17.2. The molecule has 2 heterocycles. The van der Waals surface area contributed by atoms with Crippen molar-refractivity contribution in [3.05, 3.63) is 30.4 Å². The fourth-order valence-electron chi connectivity index (χ4n) is 1.23. The number of carbonyl (C=O) groups excluding carboxylic acids is 1. The van der Waals surface area contributed by atoms with Gasteiger partial charge >= 0.3 is 103 Å². The summed E-state index contributed by atoms with van der Waals surface area (Å²) < 4.78 is 6.93. The van der Waals surface area contributed by atoms with Gasteiger partial charge in [-0.15, -0.1) is 6.42 Å². The Balaban J connectivity index is 0. The molecule has 0 amide bonds.